The zero-order valence-electron chi connectivity index (χ0n) is 7.05. The van der Waals surface area contributed by atoms with Crippen molar-refractivity contribution in [3.8, 4) is 0 Å². The molecule has 1 fully saturated rings. The van der Waals surface area contributed by atoms with Crippen LogP contribution in [0.15, 0.2) is 12.8 Å². The molecule has 0 aromatic heterocycles. The standard InChI is InChI=1S/C9H14BrNO/c1-2-11-9(12)7-3-5-8(10)6-4-7/h2,7-8H,1,3-6H2,(H,11,12). The van der Waals surface area contributed by atoms with Crippen LogP contribution in [-0.4, -0.2) is 10.7 Å². The lowest BCUT2D eigenvalue weighted by atomic mass is 9.88. The van der Waals surface area contributed by atoms with Crippen molar-refractivity contribution >= 4 is 21.8 Å². The largest absolute Gasteiger partial charge is 0.333 e. The summed E-state index contributed by atoms with van der Waals surface area (Å²) in [6.07, 6.45) is 5.66. The summed E-state index contributed by atoms with van der Waals surface area (Å²) in [6, 6.07) is 0. The van der Waals surface area contributed by atoms with Crippen LogP contribution in [0.1, 0.15) is 25.7 Å². The zero-order valence-corrected chi connectivity index (χ0v) is 8.64. The van der Waals surface area contributed by atoms with Crippen LogP contribution in [0.25, 0.3) is 0 Å². The van der Waals surface area contributed by atoms with Gasteiger partial charge in [0.15, 0.2) is 0 Å². The topological polar surface area (TPSA) is 29.1 Å². The van der Waals surface area contributed by atoms with Crippen molar-refractivity contribution in [1.82, 2.24) is 5.32 Å². The molecule has 1 saturated carbocycles. The molecule has 1 aliphatic rings. The smallest absolute Gasteiger partial charge is 0.227 e. The van der Waals surface area contributed by atoms with Gasteiger partial charge in [0.2, 0.25) is 5.91 Å². The number of amides is 1. The molecule has 1 N–H and O–H groups in total. The maximum Gasteiger partial charge on any atom is 0.227 e. The number of hydrogen-bond acceptors (Lipinski definition) is 1. The molecule has 0 aliphatic heterocycles. The molecular formula is C9H14BrNO. The van der Waals surface area contributed by atoms with Crippen molar-refractivity contribution in [2.75, 3.05) is 0 Å². The number of alkyl halides is 1. The summed E-state index contributed by atoms with van der Waals surface area (Å²) >= 11 is 3.55. The first-order valence-corrected chi connectivity index (χ1v) is 5.21. The van der Waals surface area contributed by atoms with Crippen LogP contribution < -0.4 is 5.32 Å². The molecule has 68 valence electrons. The lowest BCUT2D eigenvalue weighted by Crippen LogP contribution is -2.29. The molecule has 0 bridgehead atoms. The molecular weight excluding hydrogens is 218 g/mol. The molecule has 0 aromatic rings. The SMILES string of the molecule is C=CNC(=O)C1CCC(Br)CC1. The maximum absolute atomic E-state index is 11.3. The van der Waals surface area contributed by atoms with Crippen molar-refractivity contribution < 1.29 is 4.79 Å². The zero-order chi connectivity index (χ0) is 8.97. The van der Waals surface area contributed by atoms with Crippen molar-refractivity contribution in [2.24, 2.45) is 5.92 Å². The van der Waals surface area contributed by atoms with E-state index < -0.39 is 0 Å². The molecule has 12 heavy (non-hydrogen) atoms. The number of nitrogens with one attached hydrogen (secondary N) is 1. The van der Waals surface area contributed by atoms with Gasteiger partial charge in [-0.25, -0.2) is 0 Å². The van der Waals surface area contributed by atoms with Crippen LogP contribution in [0.2, 0.25) is 0 Å². The van der Waals surface area contributed by atoms with Gasteiger partial charge in [0.1, 0.15) is 0 Å². The molecule has 0 radical (unpaired) electrons. The Labute approximate surface area is 81.5 Å². The van der Waals surface area contributed by atoms with Gasteiger partial charge >= 0.3 is 0 Å². The van der Waals surface area contributed by atoms with E-state index in [0.717, 1.165) is 25.7 Å². The molecule has 1 rings (SSSR count). The molecule has 0 atom stereocenters. The Morgan fingerprint density at radius 2 is 2.00 bits per heavy atom. The molecule has 0 unspecified atom stereocenters. The fourth-order valence-electron chi connectivity index (χ4n) is 1.53. The highest BCUT2D eigenvalue weighted by Gasteiger charge is 2.23. The van der Waals surface area contributed by atoms with Crippen LogP contribution in [0.3, 0.4) is 0 Å². The van der Waals surface area contributed by atoms with Crippen molar-refractivity contribution in [3.05, 3.63) is 12.8 Å². The monoisotopic (exact) mass is 231 g/mol. The Hall–Kier alpha value is -0.310. The molecule has 0 saturated heterocycles. The first-order valence-electron chi connectivity index (χ1n) is 4.29. The molecule has 1 amide bonds. The number of carbonyl (C=O) groups excluding carboxylic acids is 1. The predicted molar refractivity (Wildman–Crippen MR) is 53.0 cm³/mol. The third kappa shape index (κ3) is 2.63. The maximum atomic E-state index is 11.3. The Morgan fingerprint density at radius 1 is 1.42 bits per heavy atom. The fraction of sp³-hybridized carbons (Fsp3) is 0.667. The van der Waals surface area contributed by atoms with Crippen LogP contribution in [0.4, 0.5) is 0 Å². The van der Waals surface area contributed by atoms with Crippen molar-refractivity contribution in [2.45, 2.75) is 30.5 Å². The predicted octanol–water partition coefficient (Wildman–Crippen LogP) is 2.20. The Bertz CT molecular complexity index is 173. The van der Waals surface area contributed by atoms with E-state index in [9.17, 15) is 4.79 Å². The summed E-state index contributed by atoms with van der Waals surface area (Å²) in [4.78, 5) is 11.9. The van der Waals surface area contributed by atoms with Gasteiger partial charge in [-0.3, -0.25) is 4.79 Å². The van der Waals surface area contributed by atoms with Gasteiger partial charge in [-0.2, -0.15) is 0 Å². The molecule has 1 aliphatic carbocycles. The second-order valence-electron chi connectivity index (χ2n) is 3.16. The summed E-state index contributed by atoms with van der Waals surface area (Å²) in [7, 11) is 0. The van der Waals surface area contributed by atoms with E-state index >= 15 is 0 Å². The van der Waals surface area contributed by atoms with E-state index in [1.807, 2.05) is 0 Å². The minimum atomic E-state index is 0.129. The third-order valence-corrected chi connectivity index (χ3v) is 3.19. The van der Waals surface area contributed by atoms with Gasteiger partial charge in [-0.1, -0.05) is 22.5 Å². The summed E-state index contributed by atoms with van der Waals surface area (Å²) in [5.41, 5.74) is 0. The highest BCUT2D eigenvalue weighted by atomic mass is 79.9. The number of rotatable bonds is 2. The van der Waals surface area contributed by atoms with E-state index in [4.69, 9.17) is 0 Å². The van der Waals surface area contributed by atoms with Gasteiger partial charge in [0.05, 0.1) is 0 Å². The Morgan fingerprint density at radius 3 is 2.50 bits per heavy atom. The second-order valence-corrected chi connectivity index (χ2v) is 4.46. The fourth-order valence-corrected chi connectivity index (χ4v) is 2.06. The van der Waals surface area contributed by atoms with Gasteiger partial charge in [0, 0.05) is 10.7 Å². The van der Waals surface area contributed by atoms with Crippen LogP contribution in [0, 0.1) is 5.92 Å². The van der Waals surface area contributed by atoms with Crippen LogP contribution in [-0.2, 0) is 4.79 Å². The van der Waals surface area contributed by atoms with E-state index in [0.29, 0.717) is 4.83 Å². The lowest BCUT2D eigenvalue weighted by Gasteiger charge is -2.23. The Kier molecular flexibility index (Phi) is 3.79. The van der Waals surface area contributed by atoms with Gasteiger partial charge < -0.3 is 5.32 Å². The average molecular weight is 232 g/mol. The third-order valence-electron chi connectivity index (χ3n) is 2.27. The normalized spacial score (nSPS) is 29.4. The summed E-state index contributed by atoms with van der Waals surface area (Å²) in [5.74, 6) is 0.334. The van der Waals surface area contributed by atoms with Gasteiger partial charge in [-0.05, 0) is 31.9 Å². The average Bonchev–Trinajstić information content (AvgIpc) is 2.06. The highest BCUT2D eigenvalue weighted by Crippen LogP contribution is 2.28. The highest BCUT2D eigenvalue weighted by molar-refractivity contribution is 9.09. The van der Waals surface area contributed by atoms with Crippen LogP contribution in [0.5, 0.6) is 0 Å². The number of halogens is 1. The molecule has 0 spiro atoms. The van der Waals surface area contributed by atoms with E-state index in [1.54, 1.807) is 0 Å². The minimum absolute atomic E-state index is 0.129. The first-order chi connectivity index (χ1) is 5.74. The van der Waals surface area contributed by atoms with E-state index in [2.05, 4.69) is 27.8 Å². The summed E-state index contributed by atoms with van der Waals surface area (Å²) < 4.78 is 0. The minimum Gasteiger partial charge on any atom is -0.333 e. The van der Waals surface area contributed by atoms with E-state index in [-0.39, 0.29) is 11.8 Å². The first kappa shape index (κ1) is 9.78. The quantitative estimate of drug-likeness (QED) is 0.726. The molecule has 0 aromatic carbocycles. The Balaban J connectivity index is 2.33. The molecule has 3 heteroatoms. The van der Waals surface area contributed by atoms with E-state index in [1.165, 1.54) is 6.20 Å². The summed E-state index contributed by atoms with van der Waals surface area (Å²) in [5, 5.41) is 2.64. The second kappa shape index (κ2) is 4.65. The number of carbonyl (C=O) groups is 1. The molecule has 0 heterocycles. The van der Waals surface area contributed by atoms with Crippen molar-refractivity contribution in [3.63, 3.8) is 0 Å². The van der Waals surface area contributed by atoms with Gasteiger partial charge in [-0.15, -0.1) is 0 Å². The van der Waals surface area contributed by atoms with Crippen molar-refractivity contribution in [1.29, 1.82) is 0 Å². The molecule has 2 nitrogen and oxygen atoms in total. The van der Waals surface area contributed by atoms with Crippen LogP contribution >= 0.6 is 15.9 Å². The summed E-state index contributed by atoms with van der Waals surface area (Å²) in [6.45, 7) is 3.47. The number of hydrogen-bond donors (Lipinski definition) is 1. The lowest BCUT2D eigenvalue weighted by molar-refractivity contribution is -0.124. The van der Waals surface area contributed by atoms with Gasteiger partial charge in [0.25, 0.3) is 0 Å².